The predicted molar refractivity (Wildman–Crippen MR) is 90.6 cm³/mol. The van der Waals surface area contributed by atoms with Crippen molar-refractivity contribution < 1.29 is 22.7 Å². The van der Waals surface area contributed by atoms with Gasteiger partial charge in [-0.2, -0.15) is 11.3 Å². The third-order valence-electron chi connectivity index (χ3n) is 3.27. The lowest BCUT2D eigenvalue weighted by Crippen LogP contribution is -2.30. The van der Waals surface area contributed by atoms with Crippen LogP contribution in [0.1, 0.15) is 15.9 Å². The summed E-state index contributed by atoms with van der Waals surface area (Å²) in [5.41, 5.74) is 1.20. The molecule has 1 aromatic carbocycles. The van der Waals surface area contributed by atoms with E-state index in [9.17, 15) is 18.0 Å². The number of rotatable bonds is 6. The fourth-order valence-electron chi connectivity index (χ4n) is 1.90. The summed E-state index contributed by atoms with van der Waals surface area (Å²) in [5, 5.41) is 3.87. The third kappa shape index (κ3) is 4.90. The van der Waals surface area contributed by atoms with E-state index in [1.165, 1.54) is 29.2 Å². The fraction of sp³-hybridized carbons (Fsp3) is 0.250. The molecular weight excluding hydrogens is 350 g/mol. The summed E-state index contributed by atoms with van der Waals surface area (Å²) in [6.45, 7) is 0.0796. The van der Waals surface area contributed by atoms with Crippen molar-refractivity contribution in [2.24, 2.45) is 0 Å². The first-order valence-electron chi connectivity index (χ1n) is 6.99. The molecule has 2 rings (SSSR count). The van der Waals surface area contributed by atoms with Gasteiger partial charge in [-0.25, -0.2) is 13.2 Å². The summed E-state index contributed by atoms with van der Waals surface area (Å²) in [7, 11) is -1.69. The maximum atomic E-state index is 12.0. The van der Waals surface area contributed by atoms with E-state index < -0.39 is 15.8 Å². The molecule has 0 radical (unpaired) electrons. The molecule has 2 aromatic rings. The van der Waals surface area contributed by atoms with Crippen LogP contribution in [0.2, 0.25) is 0 Å². The highest BCUT2D eigenvalue weighted by Crippen LogP contribution is 2.12. The first-order chi connectivity index (χ1) is 11.3. The lowest BCUT2D eigenvalue weighted by molar-refractivity contribution is -0.133. The first-order valence-corrected chi connectivity index (χ1v) is 9.83. The van der Waals surface area contributed by atoms with Crippen molar-refractivity contribution in [3.63, 3.8) is 0 Å². The molecule has 0 bridgehead atoms. The number of sulfone groups is 1. The Kier molecular flexibility index (Phi) is 5.74. The molecule has 0 spiro atoms. The van der Waals surface area contributed by atoms with Crippen LogP contribution in [0, 0.1) is 0 Å². The molecule has 0 aliphatic carbocycles. The number of carbonyl (C=O) groups is 2. The van der Waals surface area contributed by atoms with Crippen molar-refractivity contribution in [3.05, 3.63) is 52.2 Å². The van der Waals surface area contributed by atoms with Crippen molar-refractivity contribution >= 4 is 33.1 Å². The number of carbonyl (C=O) groups excluding carboxylic acids is 2. The van der Waals surface area contributed by atoms with Gasteiger partial charge in [-0.3, -0.25) is 4.79 Å². The molecule has 0 atom stereocenters. The Hall–Kier alpha value is -2.19. The van der Waals surface area contributed by atoms with Gasteiger partial charge in [-0.1, -0.05) is 0 Å². The van der Waals surface area contributed by atoms with Crippen molar-refractivity contribution in [2.75, 3.05) is 19.9 Å². The van der Waals surface area contributed by atoms with E-state index in [1.54, 1.807) is 18.4 Å². The van der Waals surface area contributed by atoms with Crippen LogP contribution in [-0.4, -0.2) is 45.1 Å². The highest BCUT2D eigenvalue weighted by molar-refractivity contribution is 7.90. The standard InChI is InChI=1S/C16H17NO5S2/c1-17(9-12-7-8-23-11-12)15(18)10-22-16(19)13-3-5-14(6-4-13)24(2,20)21/h3-8,11H,9-10H2,1-2H3. The van der Waals surface area contributed by atoms with Crippen LogP contribution in [0.25, 0.3) is 0 Å². The molecule has 0 aliphatic rings. The highest BCUT2D eigenvalue weighted by Gasteiger charge is 2.15. The van der Waals surface area contributed by atoms with Crippen molar-refractivity contribution in [3.8, 4) is 0 Å². The fourth-order valence-corrected chi connectivity index (χ4v) is 3.19. The highest BCUT2D eigenvalue weighted by atomic mass is 32.2. The van der Waals surface area contributed by atoms with E-state index in [2.05, 4.69) is 0 Å². The number of esters is 1. The summed E-state index contributed by atoms with van der Waals surface area (Å²) in [4.78, 5) is 25.5. The Bertz CT molecular complexity index is 811. The summed E-state index contributed by atoms with van der Waals surface area (Å²) in [5.74, 6) is -0.991. The maximum Gasteiger partial charge on any atom is 0.338 e. The minimum atomic E-state index is -3.32. The van der Waals surface area contributed by atoms with Crippen molar-refractivity contribution in [1.29, 1.82) is 0 Å². The maximum absolute atomic E-state index is 12.0. The van der Waals surface area contributed by atoms with Crippen LogP contribution in [0.3, 0.4) is 0 Å². The van der Waals surface area contributed by atoms with Crippen LogP contribution in [-0.2, 0) is 25.9 Å². The van der Waals surface area contributed by atoms with E-state index in [1.807, 2.05) is 16.8 Å². The van der Waals surface area contributed by atoms with Gasteiger partial charge in [0.2, 0.25) is 0 Å². The molecule has 1 heterocycles. The van der Waals surface area contributed by atoms with Gasteiger partial charge >= 0.3 is 5.97 Å². The van der Waals surface area contributed by atoms with E-state index in [0.29, 0.717) is 6.54 Å². The molecule has 8 heteroatoms. The molecule has 0 fully saturated rings. The van der Waals surface area contributed by atoms with Crippen LogP contribution in [0.15, 0.2) is 46.0 Å². The minimum Gasteiger partial charge on any atom is -0.452 e. The normalized spacial score (nSPS) is 11.1. The molecule has 24 heavy (non-hydrogen) atoms. The van der Waals surface area contributed by atoms with Gasteiger partial charge in [0.1, 0.15) is 0 Å². The average Bonchev–Trinajstić information content (AvgIpc) is 3.04. The van der Waals surface area contributed by atoms with Crippen molar-refractivity contribution in [1.82, 2.24) is 4.90 Å². The number of benzene rings is 1. The second-order valence-corrected chi connectivity index (χ2v) is 8.05. The zero-order valence-corrected chi connectivity index (χ0v) is 14.9. The minimum absolute atomic E-state index is 0.116. The molecular formula is C16H17NO5S2. The van der Waals surface area contributed by atoms with Crippen molar-refractivity contribution in [2.45, 2.75) is 11.4 Å². The smallest absolute Gasteiger partial charge is 0.338 e. The Morgan fingerprint density at radius 3 is 2.38 bits per heavy atom. The SMILES string of the molecule is CN(Cc1ccsc1)C(=O)COC(=O)c1ccc(S(C)(=O)=O)cc1. The van der Waals surface area contributed by atoms with Crippen LogP contribution < -0.4 is 0 Å². The van der Waals surface area contributed by atoms with Crippen LogP contribution in [0.4, 0.5) is 0 Å². The summed E-state index contributed by atoms with van der Waals surface area (Å²) in [6.07, 6.45) is 1.09. The number of ether oxygens (including phenoxy) is 1. The van der Waals surface area contributed by atoms with Crippen LogP contribution >= 0.6 is 11.3 Å². The number of hydrogen-bond acceptors (Lipinski definition) is 6. The van der Waals surface area contributed by atoms with Gasteiger partial charge in [-0.05, 0) is 46.7 Å². The molecule has 0 aliphatic heterocycles. The quantitative estimate of drug-likeness (QED) is 0.729. The number of hydrogen-bond donors (Lipinski definition) is 0. The second kappa shape index (κ2) is 7.59. The molecule has 1 aromatic heterocycles. The van der Waals surface area contributed by atoms with E-state index in [-0.39, 0.29) is 23.0 Å². The zero-order chi connectivity index (χ0) is 17.7. The Balaban J connectivity index is 1.89. The Morgan fingerprint density at radius 1 is 1.17 bits per heavy atom. The average molecular weight is 367 g/mol. The monoisotopic (exact) mass is 367 g/mol. The van der Waals surface area contributed by atoms with E-state index >= 15 is 0 Å². The second-order valence-electron chi connectivity index (χ2n) is 5.25. The molecule has 0 N–H and O–H groups in total. The van der Waals surface area contributed by atoms with E-state index in [0.717, 1.165) is 11.8 Å². The molecule has 1 amide bonds. The number of nitrogens with zero attached hydrogens (tertiary/aromatic N) is 1. The van der Waals surface area contributed by atoms with E-state index in [4.69, 9.17) is 4.74 Å². The molecule has 128 valence electrons. The Morgan fingerprint density at radius 2 is 1.83 bits per heavy atom. The number of likely N-dealkylation sites (N-methyl/N-ethyl adjacent to an activating group) is 1. The van der Waals surface area contributed by atoms with Gasteiger partial charge in [0.25, 0.3) is 5.91 Å². The zero-order valence-electron chi connectivity index (χ0n) is 13.3. The van der Waals surface area contributed by atoms with Gasteiger partial charge in [0.15, 0.2) is 16.4 Å². The first kappa shape index (κ1) is 18.2. The summed E-state index contributed by atoms with van der Waals surface area (Å²) in [6, 6.07) is 7.30. The molecule has 0 saturated carbocycles. The molecule has 6 nitrogen and oxygen atoms in total. The van der Waals surface area contributed by atoms with Gasteiger partial charge < -0.3 is 9.64 Å². The molecule has 0 saturated heterocycles. The summed E-state index contributed by atoms with van der Waals surface area (Å²) >= 11 is 1.55. The number of amides is 1. The lowest BCUT2D eigenvalue weighted by atomic mass is 10.2. The van der Waals surface area contributed by atoms with Gasteiger partial charge in [0, 0.05) is 19.8 Å². The topological polar surface area (TPSA) is 80.8 Å². The van der Waals surface area contributed by atoms with Gasteiger partial charge in [0.05, 0.1) is 10.5 Å². The van der Waals surface area contributed by atoms with Crippen LogP contribution in [0.5, 0.6) is 0 Å². The lowest BCUT2D eigenvalue weighted by Gasteiger charge is -2.16. The van der Waals surface area contributed by atoms with Gasteiger partial charge in [-0.15, -0.1) is 0 Å². The summed E-state index contributed by atoms with van der Waals surface area (Å²) < 4.78 is 27.7. The third-order valence-corrected chi connectivity index (χ3v) is 5.13. The Labute approximate surface area is 144 Å². The predicted octanol–water partition coefficient (Wildman–Crippen LogP) is 1.97. The number of thiophene rings is 1. The largest absolute Gasteiger partial charge is 0.452 e. The molecule has 0 unspecified atom stereocenters.